The first-order valence-corrected chi connectivity index (χ1v) is 23.1. The lowest BCUT2D eigenvalue weighted by Gasteiger charge is -2.34. The van der Waals surface area contributed by atoms with Gasteiger partial charge in [0, 0.05) is 19.3 Å². The van der Waals surface area contributed by atoms with Crippen LogP contribution in [-0.2, 0) is 28.6 Å². The van der Waals surface area contributed by atoms with E-state index >= 15 is 0 Å². The minimum atomic E-state index is -1.14. The van der Waals surface area contributed by atoms with E-state index in [0.29, 0.717) is 12.8 Å². The Morgan fingerprint density at radius 2 is 0.983 bits per heavy atom. The highest BCUT2D eigenvalue weighted by Gasteiger charge is 2.25. The molecule has 336 valence electrons. The van der Waals surface area contributed by atoms with E-state index in [2.05, 4.69) is 92.8 Å². The largest absolute Gasteiger partial charge is 0.544 e. The Morgan fingerprint density at radius 1 is 0.525 bits per heavy atom. The van der Waals surface area contributed by atoms with Gasteiger partial charge >= 0.3 is 11.9 Å². The second kappa shape index (κ2) is 41.3. The molecule has 0 fully saturated rings. The van der Waals surface area contributed by atoms with E-state index in [4.69, 9.17) is 14.2 Å². The SMILES string of the molecule is CC/C=C/C/C=C/C/C=C/C/C=C/C/C=C/CCCCCCCCC(=O)OCC(COCCC(C(=O)[O-])[N+](C)(C)C)OC(=O)CC/C=C/C/C=C/CCCCCCCC. The molecule has 0 aliphatic rings. The van der Waals surface area contributed by atoms with Gasteiger partial charge in [-0.3, -0.25) is 9.59 Å². The first-order chi connectivity index (χ1) is 28.6. The maximum atomic E-state index is 12.7. The van der Waals surface area contributed by atoms with Crippen molar-refractivity contribution in [3.8, 4) is 0 Å². The van der Waals surface area contributed by atoms with Crippen molar-refractivity contribution >= 4 is 17.9 Å². The van der Waals surface area contributed by atoms with Crippen LogP contribution in [0.25, 0.3) is 0 Å². The van der Waals surface area contributed by atoms with Crippen LogP contribution in [0.3, 0.4) is 0 Å². The van der Waals surface area contributed by atoms with Crippen LogP contribution >= 0.6 is 0 Å². The number of aliphatic carboxylic acids is 1. The molecule has 0 bridgehead atoms. The maximum Gasteiger partial charge on any atom is 0.306 e. The molecule has 2 atom stereocenters. The van der Waals surface area contributed by atoms with Gasteiger partial charge in [-0.2, -0.15) is 0 Å². The Morgan fingerprint density at radius 3 is 1.47 bits per heavy atom. The number of carboxylic acid groups (broad SMARTS) is 1. The zero-order chi connectivity index (χ0) is 43.5. The molecular weight excluding hydrogens is 739 g/mol. The number of rotatable bonds is 40. The van der Waals surface area contributed by atoms with E-state index in [1.54, 1.807) is 21.1 Å². The van der Waals surface area contributed by atoms with E-state index in [1.165, 1.54) is 51.4 Å². The molecule has 0 heterocycles. The molecule has 0 saturated heterocycles. The molecule has 8 nitrogen and oxygen atoms in total. The van der Waals surface area contributed by atoms with Crippen LogP contribution in [0.4, 0.5) is 0 Å². The van der Waals surface area contributed by atoms with Gasteiger partial charge in [0.25, 0.3) is 0 Å². The van der Waals surface area contributed by atoms with Crippen LogP contribution < -0.4 is 5.11 Å². The van der Waals surface area contributed by atoms with Gasteiger partial charge in [-0.05, 0) is 77.0 Å². The Bertz CT molecular complexity index is 1240. The molecule has 0 amide bonds. The van der Waals surface area contributed by atoms with Crippen molar-refractivity contribution in [3.63, 3.8) is 0 Å². The second-order valence-electron chi connectivity index (χ2n) is 16.3. The predicted octanol–water partition coefficient (Wildman–Crippen LogP) is 11.6. The molecule has 0 rings (SSSR count). The van der Waals surface area contributed by atoms with Crippen molar-refractivity contribution in [2.24, 2.45) is 0 Å². The third-order valence-corrected chi connectivity index (χ3v) is 9.78. The minimum absolute atomic E-state index is 0.00872. The lowest BCUT2D eigenvalue weighted by Crippen LogP contribution is -2.55. The van der Waals surface area contributed by atoms with E-state index < -0.39 is 24.1 Å². The average Bonchev–Trinajstić information content (AvgIpc) is 3.19. The highest BCUT2D eigenvalue weighted by molar-refractivity contribution is 5.70. The number of carbonyl (C=O) groups excluding carboxylic acids is 3. The van der Waals surface area contributed by atoms with Crippen molar-refractivity contribution in [1.82, 2.24) is 0 Å². The lowest BCUT2D eigenvalue weighted by molar-refractivity contribution is -0.889. The van der Waals surface area contributed by atoms with Crippen molar-refractivity contribution < 1.29 is 38.2 Å². The maximum absolute atomic E-state index is 12.7. The van der Waals surface area contributed by atoms with Crippen LogP contribution in [0.1, 0.15) is 168 Å². The summed E-state index contributed by atoms with van der Waals surface area (Å²) in [7, 11) is 5.38. The number of ether oxygens (including phenoxy) is 3. The zero-order valence-electron chi connectivity index (χ0n) is 38.1. The molecule has 0 spiro atoms. The van der Waals surface area contributed by atoms with E-state index in [1.807, 2.05) is 6.08 Å². The fraction of sp³-hybridized carbons (Fsp3) is 0.667. The average molecular weight is 824 g/mol. The van der Waals surface area contributed by atoms with Gasteiger partial charge in [0.1, 0.15) is 12.6 Å². The van der Waals surface area contributed by atoms with E-state index in [-0.39, 0.29) is 43.1 Å². The number of esters is 2. The lowest BCUT2D eigenvalue weighted by atomic mass is 10.1. The Hall–Kier alpha value is -3.49. The standard InChI is InChI=1S/C51H85NO7/c1-6-8-10-12-14-16-18-20-21-22-23-24-25-26-27-28-30-31-33-35-37-39-41-49(53)58-46-47(45-57-44-43-48(51(55)56)52(3,4)5)59-50(54)42-40-38-36-34-32-29-19-17-15-13-11-9-7-2/h8,10,14,16,20-21,23-24,26-27,29,32,36,38,47-48H,6-7,9,11-13,15,17-19,22,25,28,30-31,33-35,37,39-46H2,1-5H3/b10-8+,16-14+,21-20+,24-23+,27-26+,32-29+,38-36+. The quantitative estimate of drug-likeness (QED) is 0.0262. The summed E-state index contributed by atoms with van der Waals surface area (Å²) in [6.07, 6.45) is 53.4. The number of unbranched alkanes of at least 4 members (excludes halogenated alkanes) is 12. The molecule has 0 aliphatic carbocycles. The fourth-order valence-corrected chi connectivity index (χ4v) is 6.21. The van der Waals surface area contributed by atoms with Gasteiger partial charge in [-0.1, -0.05) is 157 Å². The van der Waals surface area contributed by atoms with Crippen molar-refractivity contribution in [3.05, 3.63) is 85.1 Å². The van der Waals surface area contributed by atoms with Crippen LogP contribution in [0.15, 0.2) is 85.1 Å². The van der Waals surface area contributed by atoms with Crippen molar-refractivity contribution in [2.45, 2.75) is 180 Å². The first-order valence-electron chi connectivity index (χ1n) is 23.1. The molecule has 59 heavy (non-hydrogen) atoms. The zero-order valence-corrected chi connectivity index (χ0v) is 38.1. The van der Waals surface area contributed by atoms with Crippen LogP contribution in [0.5, 0.6) is 0 Å². The van der Waals surface area contributed by atoms with E-state index in [0.717, 1.165) is 77.0 Å². The molecule has 0 radical (unpaired) electrons. The van der Waals surface area contributed by atoms with Gasteiger partial charge in [0.2, 0.25) is 0 Å². The summed E-state index contributed by atoms with van der Waals surface area (Å²) in [6, 6.07) is -0.741. The van der Waals surface area contributed by atoms with Crippen LogP contribution in [0.2, 0.25) is 0 Å². The smallest absolute Gasteiger partial charge is 0.306 e. The van der Waals surface area contributed by atoms with Gasteiger partial charge in [0.05, 0.1) is 40.3 Å². The van der Waals surface area contributed by atoms with Gasteiger partial charge in [0.15, 0.2) is 6.10 Å². The number of carbonyl (C=O) groups is 3. The molecule has 0 aliphatic heterocycles. The number of carboxylic acids is 1. The molecule has 0 aromatic rings. The van der Waals surface area contributed by atoms with Crippen molar-refractivity contribution in [1.29, 1.82) is 0 Å². The van der Waals surface area contributed by atoms with Crippen molar-refractivity contribution in [2.75, 3.05) is 41.0 Å². The van der Waals surface area contributed by atoms with Gasteiger partial charge < -0.3 is 28.6 Å². The highest BCUT2D eigenvalue weighted by atomic mass is 16.6. The number of hydrogen-bond donors (Lipinski definition) is 0. The highest BCUT2D eigenvalue weighted by Crippen LogP contribution is 2.12. The Labute approximate surface area is 361 Å². The van der Waals surface area contributed by atoms with Crippen LogP contribution in [-0.4, -0.2) is 75.5 Å². The van der Waals surface area contributed by atoms with E-state index in [9.17, 15) is 19.5 Å². The van der Waals surface area contributed by atoms with Gasteiger partial charge in [-0.15, -0.1) is 0 Å². The fourth-order valence-electron chi connectivity index (χ4n) is 6.21. The predicted molar refractivity (Wildman–Crippen MR) is 245 cm³/mol. The third-order valence-electron chi connectivity index (χ3n) is 9.78. The first kappa shape index (κ1) is 55.5. The molecular formula is C51H85NO7. The monoisotopic (exact) mass is 824 g/mol. The summed E-state index contributed by atoms with van der Waals surface area (Å²) in [5.41, 5.74) is 0. The number of quaternary nitrogens is 1. The molecule has 0 aromatic heterocycles. The molecule has 2 unspecified atom stereocenters. The normalized spacial score (nSPS) is 13.7. The number of likely N-dealkylation sites (N-methyl/N-ethyl adjacent to an activating group) is 1. The third kappa shape index (κ3) is 39.7. The summed E-state index contributed by atoms with van der Waals surface area (Å²) in [6.45, 7) is 4.44. The summed E-state index contributed by atoms with van der Waals surface area (Å²) in [4.78, 5) is 36.8. The molecule has 0 saturated carbocycles. The Balaban J connectivity index is 4.37. The second-order valence-corrected chi connectivity index (χ2v) is 16.3. The molecule has 0 aromatic carbocycles. The summed E-state index contributed by atoms with van der Waals surface area (Å²) in [5.74, 6) is -1.85. The van der Waals surface area contributed by atoms with Gasteiger partial charge in [-0.25, -0.2) is 0 Å². The number of nitrogens with zero attached hydrogens (tertiary/aromatic N) is 1. The molecule has 0 N–H and O–H groups in total. The molecule has 8 heteroatoms. The number of allylic oxidation sites excluding steroid dienone is 14. The number of hydrogen-bond acceptors (Lipinski definition) is 7. The summed E-state index contributed by atoms with van der Waals surface area (Å²) >= 11 is 0. The minimum Gasteiger partial charge on any atom is -0.544 e. The summed E-state index contributed by atoms with van der Waals surface area (Å²) < 4.78 is 17.1. The topological polar surface area (TPSA) is 102 Å². The Kier molecular flexibility index (Phi) is 38.8. The summed E-state index contributed by atoms with van der Waals surface area (Å²) in [5, 5.41) is 11.6. The van der Waals surface area contributed by atoms with Crippen LogP contribution in [0, 0.1) is 0 Å².